The van der Waals surface area contributed by atoms with E-state index in [4.69, 9.17) is 4.74 Å². The predicted octanol–water partition coefficient (Wildman–Crippen LogP) is -0.241. The standard InChI is InChI=1S/C15H18N2O5/c18-12(16-9-5-6-9)8-22-13(19)7-17-14(20)10-3-1-2-4-11(10)15(17)21/h1-2,9-11H,3-8H2,(H,16,18)/t10-,11-/m1/s1. The molecule has 1 aliphatic heterocycles. The van der Waals surface area contributed by atoms with Gasteiger partial charge in [-0.15, -0.1) is 0 Å². The molecule has 3 rings (SSSR count). The first-order valence-corrected chi connectivity index (χ1v) is 7.51. The first-order chi connectivity index (χ1) is 10.6. The molecular weight excluding hydrogens is 288 g/mol. The number of nitrogens with zero attached hydrogens (tertiary/aromatic N) is 1. The molecule has 1 N–H and O–H groups in total. The third kappa shape index (κ3) is 3.03. The Morgan fingerprint density at radius 1 is 1.14 bits per heavy atom. The van der Waals surface area contributed by atoms with Crippen LogP contribution in [0.2, 0.25) is 0 Å². The van der Waals surface area contributed by atoms with Crippen LogP contribution < -0.4 is 5.32 Å². The molecule has 2 fully saturated rings. The summed E-state index contributed by atoms with van der Waals surface area (Å²) in [5.41, 5.74) is 0. The van der Waals surface area contributed by atoms with Gasteiger partial charge in [0.25, 0.3) is 5.91 Å². The van der Waals surface area contributed by atoms with E-state index in [0.29, 0.717) is 12.8 Å². The van der Waals surface area contributed by atoms with Crippen molar-refractivity contribution in [3.05, 3.63) is 12.2 Å². The Labute approximate surface area is 127 Å². The summed E-state index contributed by atoms with van der Waals surface area (Å²) >= 11 is 0. The van der Waals surface area contributed by atoms with Gasteiger partial charge in [0.15, 0.2) is 6.61 Å². The van der Waals surface area contributed by atoms with Gasteiger partial charge in [-0.3, -0.25) is 24.1 Å². The number of rotatable bonds is 5. The number of hydrogen-bond donors (Lipinski definition) is 1. The van der Waals surface area contributed by atoms with Crippen molar-refractivity contribution in [2.45, 2.75) is 31.7 Å². The lowest BCUT2D eigenvalue weighted by Crippen LogP contribution is -2.38. The molecule has 2 atom stereocenters. The number of allylic oxidation sites excluding steroid dienone is 2. The van der Waals surface area contributed by atoms with Crippen LogP contribution in [0.15, 0.2) is 12.2 Å². The molecule has 0 radical (unpaired) electrons. The first kappa shape index (κ1) is 14.7. The topological polar surface area (TPSA) is 92.8 Å². The van der Waals surface area contributed by atoms with Crippen molar-refractivity contribution in [2.24, 2.45) is 11.8 Å². The van der Waals surface area contributed by atoms with Crippen LogP contribution in [0.5, 0.6) is 0 Å². The van der Waals surface area contributed by atoms with E-state index in [1.807, 2.05) is 12.2 Å². The van der Waals surface area contributed by atoms with Crippen LogP contribution in [0.4, 0.5) is 0 Å². The number of esters is 1. The number of hydrogen-bond acceptors (Lipinski definition) is 5. The maximum atomic E-state index is 12.2. The molecule has 3 amide bonds. The summed E-state index contributed by atoms with van der Waals surface area (Å²) < 4.78 is 4.83. The Hall–Kier alpha value is -2.18. The second-order valence-corrected chi connectivity index (χ2v) is 5.92. The highest BCUT2D eigenvalue weighted by Crippen LogP contribution is 2.34. The number of carbonyl (C=O) groups excluding carboxylic acids is 4. The second-order valence-electron chi connectivity index (χ2n) is 5.92. The molecule has 118 valence electrons. The molecule has 7 nitrogen and oxygen atoms in total. The number of imide groups is 1. The van der Waals surface area contributed by atoms with Crippen LogP contribution in [0.3, 0.4) is 0 Å². The van der Waals surface area contributed by atoms with Crippen molar-refractivity contribution in [2.75, 3.05) is 13.2 Å². The fraction of sp³-hybridized carbons (Fsp3) is 0.600. The minimum Gasteiger partial charge on any atom is -0.454 e. The molecule has 0 unspecified atom stereocenters. The van der Waals surface area contributed by atoms with Gasteiger partial charge in [0.2, 0.25) is 11.8 Å². The number of carbonyl (C=O) groups is 4. The predicted molar refractivity (Wildman–Crippen MR) is 74.2 cm³/mol. The van der Waals surface area contributed by atoms with Crippen LogP contribution >= 0.6 is 0 Å². The van der Waals surface area contributed by atoms with E-state index in [1.165, 1.54) is 0 Å². The Morgan fingerprint density at radius 2 is 1.73 bits per heavy atom. The highest BCUT2D eigenvalue weighted by Gasteiger charge is 2.47. The average Bonchev–Trinajstić information content (AvgIpc) is 3.29. The van der Waals surface area contributed by atoms with Crippen LogP contribution in [0.1, 0.15) is 25.7 Å². The summed E-state index contributed by atoms with van der Waals surface area (Å²) in [6.07, 6.45) is 6.74. The van der Waals surface area contributed by atoms with Gasteiger partial charge >= 0.3 is 5.97 Å². The smallest absolute Gasteiger partial charge is 0.326 e. The lowest BCUT2D eigenvalue weighted by atomic mass is 9.85. The first-order valence-electron chi connectivity index (χ1n) is 7.51. The SMILES string of the molecule is O=C(COC(=O)CN1C(=O)[C@@H]2CC=CC[C@H]2C1=O)NC1CC1. The van der Waals surface area contributed by atoms with Crippen LogP contribution in [0.25, 0.3) is 0 Å². The van der Waals surface area contributed by atoms with Crippen molar-refractivity contribution in [1.82, 2.24) is 10.2 Å². The van der Waals surface area contributed by atoms with Crippen LogP contribution in [0, 0.1) is 11.8 Å². The lowest BCUT2D eigenvalue weighted by Gasteiger charge is -2.14. The molecule has 1 saturated carbocycles. The van der Waals surface area contributed by atoms with Crippen LogP contribution in [-0.4, -0.2) is 47.8 Å². The Kier molecular flexibility index (Phi) is 3.96. The molecule has 2 aliphatic carbocycles. The monoisotopic (exact) mass is 306 g/mol. The summed E-state index contributed by atoms with van der Waals surface area (Å²) in [5, 5.41) is 2.69. The molecule has 0 aromatic heterocycles. The van der Waals surface area contributed by atoms with E-state index in [1.54, 1.807) is 0 Å². The summed E-state index contributed by atoms with van der Waals surface area (Å²) in [6.45, 7) is -0.790. The molecule has 0 aromatic rings. The average molecular weight is 306 g/mol. The normalized spacial score (nSPS) is 26.8. The van der Waals surface area contributed by atoms with Crippen molar-refractivity contribution in [3.63, 3.8) is 0 Å². The summed E-state index contributed by atoms with van der Waals surface area (Å²) in [4.78, 5) is 48.4. The van der Waals surface area contributed by atoms with E-state index >= 15 is 0 Å². The molecule has 0 spiro atoms. The Bertz CT molecular complexity index is 526. The Morgan fingerprint density at radius 3 is 2.27 bits per heavy atom. The maximum Gasteiger partial charge on any atom is 0.326 e. The third-order valence-electron chi connectivity index (χ3n) is 4.19. The molecular formula is C15H18N2O5. The van der Waals surface area contributed by atoms with E-state index in [0.717, 1.165) is 17.7 Å². The number of likely N-dealkylation sites (tertiary alicyclic amines) is 1. The molecule has 0 bridgehead atoms. The van der Waals surface area contributed by atoms with Gasteiger partial charge in [-0.2, -0.15) is 0 Å². The quantitative estimate of drug-likeness (QED) is 0.430. The largest absolute Gasteiger partial charge is 0.454 e. The number of fused-ring (bicyclic) bond motifs is 1. The third-order valence-corrected chi connectivity index (χ3v) is 4.19. The zero-order chi connectivity index (χ0) is 15.7. The lowest BCUT2D eigenvalue weighted by molar-refractivity contribution is -0.154. The zero-order valence-electron chi connectivity index (χ0n) is 12.1. The zero-order valence-corrected chi connectivity index (χ0v) is 12.1. The van der Waals surface area contributed by atoms with Gasteiger partial charge in [-0.05, 0) is 25.7 Å². The van der Waals surface area contributed by atoms with E-state index in [2.05, 4.69) is 5.32 Å². The van der Waals surface area contributed by atoms with Crippen molar-refractivity contribution >= 4 is 23.7 Å². The Balaban J connectivity index is 1.49. The van der Waals surface area contributed by atoms with Gasteiger partial charge in [0, 0.05) is 6.04 Å². The molecule has 1 heterocycles. The summed E-state index contributed by atoms with van der Waals surface area (Å²) in [5.74, 6) is -2.45. The fourth-order valence-corrected chi connectivity index (χ4v) is 2.84. The van der Waals surface area contributed by atoms with E-state index in [-0.39, 0.29) is 42.2 Å². The molecule has 0 aromatic carbocycles. The highest BCUT2D eigenvalue weighted by atomic mass is 16.5. The van der Waals surface area contributed by atoms with Gasteiger partial charge in [0.1, 0.15) is 6.54 Å². The minimum atomic E-state index is -0.737. The highest BCUT2D eigenvalue weighted by molar-refractivity contribution is 6.07. The van der Waals surface area contributed by atoms with Gasteiger partial charge in [0.05, 0.1) is 11.8 Å². The minimum absolute atomic E-state index is 0.198. The molecule has 22 heavy (non-hydrogen) atoms. The van der Waals surface area contributed by atoms with Crippen molar-refractivity contribution in [3.8, 4) is 0 Å². The van der Waals surface area contributed by atoms with Crippen LogP contribution in [-0.2, 0) is 23.9 Å². The second kappa shape index (κ2) is 5.90. The number of amides is 3. The maximum absolute atomic E-state index is 12.2. The molecule has 3 aliphatic rings. The van der Waals surface area contributed by atoms with Crippen molar-refractivity contribution < 1.29 is 23.9 Å². The van der Waals surface area contributed by atoms with Gasteiger partial charge in [-0.1, -0.05) is 12.2 Å². The molecule has 1 saturated heterocycles. The number of ether oxygens (including phenoxy) is 1. The summed E-state index contributed by atoms with van der Waals surface area (Å²) in [6, 6.07) is 0.198. The van der Waals surface area contributed by atoms with Crippen molar-refractivity contribution in [1.29, 1.82) is 0 Å². The van der Waals surface area contributed by atoms with E-state index in [9.17, 15) is 19.2 Å². The van der Waals surface area contributed by atoms with Gasteiger partial charge in [-0.25, -0.2) is 0 Å². The fourth-order valence-electron chi connectivity index (χ4n) is 2.84. The van der Waals surface area contributed by atoms with Gasteiger partial charge < -0.3 is 10.1 Å². The molecule has 7 heteroatoms. The number of nitrogens with one attached hydrogen (secondary N) is 1. The van der Waals surface area contributed by atoms with E-state index < -0.39 is 12.5 Å². The summed E-state index contributed by atoms with van der Waals surface area (Å²) in [7, 11) is 0.